The second-order valence-electron chi connectivity index (χ2n) is 13.3. The molecule has 1 fully saturated rings. The van der Waals surface area contributed by atoms with E-state index in [4.69, 9.17) is 15.2 Å². The number of aliphatic hydroxyl groups excluding tert-OH is 1. The first kappa shape index (κ1) is 38.5. The van der Waals surface area contributed by atoms with E-state index in [9.17, 15) is 19.9 Å². The Bertz CT molecular complexity index is 1990. The molecule has 6 rings (SSSR count). The zero-order chi connectivity index (χ0) is 37.7. The van der Waals surface area contributed by atoms with E-state index in [2.05, 4.69) is 16.7 Å². The minimum absolute atomic E-state index is 0.0194. The van der Waals surface area contributed by atoms with Crippen molar-refractivity contribution < 1.29 is 28.9 Å². The van der Waals surface area contributed by atoms with Crippen LogP contribution in [-0.4, -0.2) is 28.8 Å². The highest BCUT2D eigenvalue weighted by Crippen LogP contribution is 2.39. The molecule has 0 spiro atoms. The number of para-hydroxylation sites is 2. The SMILES string of the molecule is Nc1ccccc1NC(=O)CCCCCC(=O)NCc1cccc(-c2ccc([C@@H]3O[C@H](CSc4cccc[n+]4[O-])C[C@H](c4ccc(CO)cc4)O3)cc2)c1. The van der Waals surface area contributed by atoms with Crippen LogP contribution in [0.15, 0.2) is 126 Å². The third-order valence-electron chi connectivity index (χ3n) is 9.30. The van der Waals surface area contributed by atoms with Crippen LogP contribution in [0, 0.1) is 5.21 Å². The fourth-order valence-electron chi connectivity index (χ4n) is 6.28. The first-order chi connectivity index (χ1) is 26.3. The molecule has 0 aliphatic carbocycles. The zero-order valence-electron chi connectivity index (χ0n) is 30.1. The Labute approximate surface area is 320 Å². The summed E-state index contributed by atoms with van der Waals surface area (Å²) in [7, 11) is 0. The van der Waals surface area contributed by atoms with E-state index in [0.717, 1.165) is 44.5 Å². The molecule has 10 nitrogen and oxygen atoms in total. The third-order valence-corrected chi connectivity index (χ3v) is 10.4. The predicted octanol–water partition coefficient (Wildman–Crippen LogP) is 7.60. The molecule has 3 atom stereocenters. The van der Waals surface area contributed by atoms with Gasteiger partial charge in [0.15, 0.2) is 12.5 Å². The number of nitrogen functional groups attached to an aromatic ring is 1. The number of aliphatic hydroxyl groups is 1. The van der Waals surface area contributed by atoms with Gasteiger partial charge in [-0.1, -0.05) is 97.0 Å². The van der Waals surface area contributed by atoms with E-state index < -0.39 is 6.29 Å². The van der Waals surface area contributed by atoms with Gasteiger partial charge in [-0.3, -0.25) is 9.59 Å². The van der Waals surface area contributed by atoms with E-state index in [1.54, 1.807) is 24.3 Å². The highest BCUT2D eigenvalue weighted by atomic mass is 32.2. The molecular formula is C43H46N4O6S. The topological polar surface area (TPSA) is 150 Å². The Kier molecular flexibility index (Phi) is 13.7. The summed E-state index contributed by atoms with van der Waals surface area (Å²) in [5.74, 6) is 0.484. The van der Waals surface area contributed by atoms with Gasteiger partial charge in [-0.2, -0.15) is 4.73 Å². The maximum absolute atomic E-state index is 12.6. The van der Waals surface area contributed by atoms with Gasteiger partial charge in [-0.15, -0.1) is 0 Å². The number of unbranched alkanes of at least 4 members (excludes halogenated alkanes) is 2. The van der Waals surface area contributed by atoms with Crippen LogP contribution in [-0.2, 0) is 32.2 Å². The molecule has 1 aliphatic rings. The van der Waals surface area contributed by atoms with Crippen molar-refractivity contribution in [1.29, 1.82) is 0 Å². The van der Waals surface area contributed by atoms with Gasteiger partial charge < -0.3 is 36.2 Å². The molecule has 11 heteroatoms. The number of carbonyl (C=O) groups is 2. The van der Waals surface area contributed by atoms with Crippen molar-refractivity contribution in [2.45, 2.75) is 75.2 Å². The monoisotopic (exact) mass is 746 g/mol. The number of anilines is 2. The number of hydrogen-bond acceptors (Lipinski definition) is 8. The van der Waals surface area contributed by atoms with Crippen molar-refractivity contribution in [3.05, 3.63) is 149 Å². The van der Waals surface area contributed by atoms with E-state index in [0.29, 0.717) is 60.8 Å². The second kappa shape index (κ2) is 19.2. The molecule has 0 saturated carbocycles. The molecule has 0 radical (unpaired) electrons. The average molecular weight is 747 g/mol. The Morgan fingerprint density at radius 3 is 2.30 bits per heavy atom. The molecule has 280 valence electrons. The summed E-state index contributed by atoms with van der Waals surface area (Å²) in [6.07, 6.45) is 4.07. The highest BCUT2D eigenvalue weighted by molar-refractivity contribution is 7.99. The quantitative estimate of drug-likeness (QED) is 0.0265. The van der Waals surface area contributed by atoms with Crippen LogP contribution in [0.25, 0.3) is 11.1 Å². The summed E-state index contributed by atoms with van der Waals surface area (Å²) in [5, 5.41) is 28.3. The number of rotatable bonds is 16. The van der Waals surface area contributed by atoms with Gasteiger partial charge in [0, 0.05) is 49.3 Å². The smallest absolute Gasteiger partial charge is 0.251 e. The first-order valence-corrected chi connectivity index (χ1v) is 19.2. The lowest BCUT2D eigenvalue weighted by Gasteiger charge is -2.36. The molecule has 1 aliphatic heterocycles. The van der Waals surface area contributed by atoms with Crippen molar-refractivity contribution >= 4 is 35.0 Å². The molecule has 0 unspecified atom stereocenters. The van der Waals surface area contributed by atoms with Gasteiger partial charge in [0.05, 0.1) is 30.2 Å². The number of amides is 2. The Hall–Kier alpha value is -5.20. The number of hydrogen-bond donors (Lipinski definition) is 4. The van der Waals surface area contributed by atoms with E-state index in [1.807, 2.05) is 84.9 Å². The van der Waals surface area contributed by atoms with Crippen molar-refractivity contribution in [3.63, 3.8) is 0 Å². The normalized spacial score (nSPS) is 16.8. The van der Waals surface area contributed by atoms with Crippen molar-refractivity contribution in [2.24, 2.45) is 0 Å². The Balaban J connectivity index is 1.00. The van der Waals surface area contributed by atoms with Gasteiger partial charge in [0.2, 0.25) is 11.8 Å². The number of carbonyl (C=O) groups excluding carboxylic acids is 2. The highest BCUT2D eigenvalue weighted by Gasteiger charge is 2.32. The zero-order valence-corrected chi connectivity index (χ0v) is 30.9. The van der Waals surface area contributed by atoms with Crippen LogP contribution in [0.4, 0.5) is 11.4 Å². The summed E-state index contributed by atoms with van der Waals surface area (Å²) in [6.45, 7) is 0.398. The molecule has 1 saturated heterocycles. The standard InChI is InChI=1S/C43H46N4O6S/c44-37-11-4-5-12-38(37)46-41(50)14-3-1-2-13-40(49)45-27-31-9-8-10-35(25-31)32-20-22-34(23-21-32)43-52-36(29-54-42-15-6-7-24-47(42)51)26-39(53-43)33-18-16-30(28-48)17-19-33/h4-12,15-25,36,39,43,48H,1-3,13-14,26-29,44H2,(H,45,49)(H,46,50)/t36-,39+,43+/m0/s1. The number of nitrogens with one attached hydrogen (secondary N) is 2. The van der Waals surface area contributed by atoms with Crippen molar-refractivity contribution in [3.8, 4) is 11.1 Å². The van der Waals surface area contributed by atoms with Crippen LogP contribution in [0.3, 0.4) is 0 Å². The maximum Gasteiger partial charge on any atom is 0.251 e. The van der Waals surface area contributed by atoms with Crippen LogP contribution in [0.5, 0.6) is 0 Å². The lowest BCUT2D eigenvalue weighted by Crippen LogP contribution is -2.32. The number of ether oxygens (including phenoxy) is 2. The fourth-order valence-corrected chi connectivity index (χ4v) is 7.21. The van der Waals surface area contributed by atoms with Crippen molar-refractivity contribution in [2.75, 3.05) is 16.8 Å². The van der Waals surface area contributed by atoms with Crippen molar-refractivity contribution in [1.82, 2.24) is 5.32 Å². The number of nitrogens with two attached hydrogens (primary N) is 1. The minimum atomic E-state index is -0.608. The lowest BCUT2D eigenvalue weighted by atomic mass is 9.99. The number of thioether (sulfide) groups is 1. The van der Waals surface area contributed by atoms with Crippen LogP contribution in [0.2, 0.25) is 0 Å². The van der Waals surface area contributed by atoms with Crippen LogP contribution < -0.4 is 21.1 Å². The van der Waals surface area contributed by atoms with E-state index in [-0.39, 0.29) is 30.6 Å². The Morgan fingerprint density at radius 2 is 1.54 bits per heavy atom. The second-order valence-corrected chi connectivity index (χ2v) is 14.4. The number of nitrogens with zero attached hydrogens (tertiary/aromatic N) is 1. The number of pyridine rings is 1. The number of aromatic nitrogens is 1. The summed E-state index contributed by atoms with van der Waals surface area (Å²) >= 11 is 1.46. The molecular weight excluding hydrogens is 701 g/mol. The summed E-state index contributed by atoms with van der Waals surface area (Å²) in [4.78, 5) is 24.8. The summed E-state index contributed by atoms with van der Waals surface area (Å²) < 4.78 is 13.8. The molecule has 2 amide bonds. The first-order valence-electron chi connectivity index (χ1n) is 18.3. The van der Waals surface area contributed by atoms with Crippen LogP contribution >= 0.6 is 11.8 Å². The minimum Gasteiger partial charge on any atom is -0.618 e. The fraction of sp³-hybridized carbons (Fsp3) is 0.279. The van der Waals surface area contributed by atoms with Gasteiger partial charge in [-0.25, -0.2) is 0 Å². The summed E-state index contributed by atoms with van der Waals surface area (Å²) in [5.41, 5.74) is 12.8. The third kappa shape index (κ3) is 10.9. The molecule has 1 aromatic heterocycles. The molecule has 4 aromatic carbocycles. The van der Waals surface area contributed by atoms with Gasteiger partial charge in [0.25, 0.3) is 5.03 Å². The molecule has 5 N–H and O–H groups in total. The van der Waals surface area contributed by atoms with Crippen LogP contribution in [0.1, 0.15) is 73.2 Å². The molecule has 2 heterocycles. The average Bonchev–Trinajstić information content (AvgIpc) is 3.20. The maximum atomic E-state index is 12.6. The lowest BCUT2D eigenvalue weighted by molar-refractivity contribution is -0.645. The molecule has 5 aromatic rings. The van der Waals surface area contributed by atoms with Gasteiger partial charge in [-0.05, 0) is 64.9 Å². The van der Waals surface area contributed by atoms with E-state index in [1.165, 1.54) is 18.0 Å². The predicted molar refractivity (Wildman–Crippen MR) is 211 cm³/mol. The summed E-state index contributed by atoms with van der Waals surface area (Å²) in [6, 6.07) is 36.5. The Morgan fingerprint density at radius 1 is 0.796 bits per heavy atom. The largest absolute Gasteiger partial charge is 0.618 e. The number of benzene rings is 4. The van der Waals surface area contributed by atoms with E-state index >= 15 is 0 Å². The molecule has 0 bridgehead atoms. The van der Waals surface area contributed by atoms with Gasteiger partial charge in [0.1, 0.15) is 0 Å². The van der Waals surface area contributed by atoms with Gasteiger partial charge >= 0.3 is 0 Å². The molecule has 54 heavy (non-hydrogen) atoms.